The first-order valence-electron chi connectivity index (χ1n) is 10.6. The Bertz CT molecular complexity index is 795. The van der Waals surface area contributed by atoms with Crippen LogP contribution in [-0.2, 0) is 14.4 Å². The van der Waals surface area contributed by atoms with E-state index in [1.807, 2.05) is 9.80 Å². The van der Waals surface area contributed by atoms with Crippen LogP contribution in [0.1, 0.15) is 17.5 Å². The molecule has 0 bridgehead atoms. The van der Waals surface area contributed by atoms with Gasteiger partial charge in [0.25, 0.3) is 0 Å². The summed E-state index contributed by atoms with van der Waals surface area (Å²) >= 11 is 0. The van der Waals surface area contributed by atoms with Gasteiger partial charge in [0.15, 0.2) is 0 Å². The van der Waals surface area contributed by atoms with Crippen LogP contribution in [0.5, 0.6) is 0 Å². The van der Waals surface area contributed by atoms with Crippen molar-refractivity contribution in [2.45, 2.75) is 20.3 Å². The SMILES string of the molecule is Cc1cccc(N2CCN(C(=O)C3CC3C(=O)N3CCN(C=O)CC3)CC2)c1C. The third kappa shape index (κ3) is 3.95. The van der Waals surface area contributed by atoms with Gasteiger partial charge in [-0.05, 0) is 37.5 Å². The molecule has 7 nitrogen and oxygen atoms in total. The normalized spacial score (nSPS) is 24.5. The van der Waals surface area contributed by atoms with Crippen LogP contribution < -0.4 is 4.90 Å². The fourth-order valence-corrected chi connectivity index (χ4v) is 4.50. The van der Waals surface area contributed by atoms with Gasteiger partial charge < -0.3 is 19.6 Å². The monoisotopic (exact) mass is 398 g/mol. The van der Waals surface area contributed by atoms with Crippen molar-refractivity contribution in [3.8, 4) is 0 Å². The molecule has 3 aliphatic rings. The van der Waals surface area contributed by atoms with Gasteiger partial charge in [0.2, 0.25) is 18.2 Å². The van der Waals surface area contributed by atoms with Crippen LogP contribution in [0.15, 0.2) is 18.2 Å². The molecule has 0 spiro atoms. The van der Waals surface area contributed by atoms with Crippen LogP contribution in [0, 0.1) is 25.7 Å². The number of carbonyl (C=O) groups is 3. The number of hydrogen-bond acceptors (Lipinski definition) is 4. The fraction of sp³-hybridized carbons (Fsp3) is 0.591. The molecular formula is C22H30N4O3. The zero-order valence-corrected chi connectivity index (χ0v) is 17.3. The highest BCUT2D eigenvalue weighted by atomic mass is 16.2. The standard InChI is InChI=1S/C22H30N4O3/c1-16-4-3-5-20(17(16)2)24-10-12-26(13-11-24)22(29)19-14-18(19)21(28)25-8-6-23(15-27)7-9-25/h3-5,15,18-19H,6-14H2,1-2H3. The van der Waals surface area contributed by atoms with Gasteiger partial charge in [-0.15, -0.1) is 0 Å². The van der Waals surface area contributed by atoms with Gasteiger partial charge in [-0.2, -0.15) is 0 Å². The van der Waals surface area contributed by atoms with Crippen molar-refractivity contribution in [2.75, 3.05) is 57.3 Å². The molecule has 0 radical (unpaired) electrons. The lowest BCUT2D eigenvalue weighted by atomic mass is 10.1. The maximum atomic E-state index is 12.9. The first-order valence-corrected chi connectivity index (χ1v) is 10.6. The van der Waals surface area contributed by atoms with E-state index in [9.17, 15) is 14.4 Å². The zero-order valence-electron chi connectivity index (χ0n) is 17.3. The third-order valence-corrected chi connectivity index (χ3v) is 6.71. The van der Waals surface area contributed by atoms with Gasteiger partial charge in [0.1, 0.15) is 0 Å². The van der Waals surface area contributed by atoms with E-state index in [1.165, 1.54) is 16.8 Å². The van der Waals surface area contributed by atoms with E-state index in [-0.39, 0.29) is 23.7 Å². The Hall–Kier alpha value is -2.57. The van der Waals surface area contributed by atoms with E-state index in [1.54, 1.807) is 4.90 Å². The molecule has 1 aromatic carbocycles. The summed E-state index contributed by atoms with van der Waals surface area (Å²) in [4.78, 5) is 44.2. The number of aryl methyl sites for hydroxylation is 1. The van der Waals surface area contributed by atoms with Gasteiger partial charge in [-0.25, -0.2) is 0 Å². The zero-order chi connectivity index (χ0) is 20.5. The number of anilines is 1. The molecule has 3 amide bonds. The van der Waals surface area contributed by atoms with Crippen LogP contribution >= 0.6 is 0 Å². The van der Waals surface area contributed by atoms with Crippen molar-refractivity contribution in [3.63, 3.8) is 0 Å². The number of amides is 3. The van der Waals surface area contributed by atoms with E-state index in [0.29, 0.717) is 45.7 Å². The quantitative estimate of drug-likeness (QED) is 0.707. The number of rotatable bonds is 4. The minimum atomic E-state index is -0.165. The lowest BCUT2D eigenvalue weighted by molar-refractivity contribution is -0.139. The Morgan fingerprint density at radius 3 is 1.97 bits per heavy atom. The van der Waals surface area contributed by atoms with Crippen molar-refractivity contribution >= 4 is 23.9 Å². The average molecular weight is 399 g/mol. The van der Waals surface area contributed by atoms with E-state index in [4.69, 9.17) is 0 Å². The summed E-state index contributed by atoms with van der Waals surface area (Å²) in [7, 11) is 0. The average Bonchev–Trinajstić information content (AvgIpc) is 3.56. The third-order valence-electron chi connectivity index (χ3n) is 6.71. The van der Waals surface area contributed by atoms with Gasteiger partial charge in [-0.3, -0.25) is 14.4 Å². The molecule has 0 aromatic heterocycles. The fourth-order valence-electron chi connectivity index (χ4n) is 4.50. The Morgan fingerprint density at radius 1 is 0.862 bits per heavy atom. The molecule has 156 valence electrons. The molecule has 1 saturated carbocycles. The van der Waals surface area contributed by atoms with Gasteiger partial charge in [0, 0.05) is 58.0 Å². The number of benzene rings is 1. The number of carbonyl (C=O) groups excluding carboxylic acids is 3. The van der Waals surface area contributed by atoms with E-state index < -0.39 is 0 Å². The second-order valence-electron chi connectivity index (χ2n) is 8.45. The molecule has 4 rings (SSSR count). The molecule has 3 fully saturated rings. The first kappa shape index (κ1) is 19.7. The predicted octanol–water partition coefficient (Wildman–Crippen LogP) is 0.889. The van der Waals surface area contributed by atoms with Crippen molar-refractivity contribution in [2.24, 2.45) is 11.8 Å². The van der Waals surface area contributed by atoms with Crippen LogP contribution in [0.25, 0.3) is 0 Å². The summed E-state index contributed by atoms with van der Waals surface area (Å²) in [5.41, 5.74) is 3.84. The van der Waals surface area contributed by atoms with Gasteiger partial charge in [0.05, 0.1) is 11.8 Å². The van der Waals surface area contributed by atoms with Crippen molar-refractivity contribution in [1.29, 1.82) is 0 Å². The Kier molecular flexibility index (Phi) is 5.48. The van der Waals surface area contributed by atoms with Gasteiger partial charge in [-0.1, -0.05) is 12.1 Å². The maximum absolute atomic E-state index is 12.9. The number of hydrogen-bond donors (Lipinski definition) is 0. The molecule has 2 aliphatic heterocycles. The van der Waals surface area contributed by atoms with Gasteiger partial charge >= 0.3 is 0 Å². The maximum Gasteiger partial charge on any atom is 0.226 e. The molecule has 1 aromatic rings. The van der Waals surface area contributed by atoms with Crippen LogP contribution in [-0.4, -0.2) is 85.3 Å². The molecule has 2 heterocycles. The summed E-state index contributed by atoms with van der Waals surface area (Å²) in [5, 5.41) is 0. The summed E-state index contributed by atoms with van der Waals surface area (Å²) in [5.74, 6) is -0.0976. The minimum Gasteiger partial charge on any atom is -0.368 e. The Balaban J connectivity index is 1.28. The highest BCUT2D eigenvalue weighted by Gasteiger charge is 2.51. The molecule has 1 aliphatic carbocycles. The highest BCUT2D eigenvalue weighted by molar-refractivity contribution is 5.92. The second-order valence-corrected chi connectivity index (χ2v) is 8.45. The summed E-state index contributed by atoms with van der Waals surface area (Å²) in [6, 6.07) is 6.37. The van der Waals surface area contributed by atoms with Crippen LogP contribution in [0.3, 0.4) is 0 Å². The molecule has 29 heavy (non-hydrogen) atoms. The smallest absolute Gasteiger partial charge is 0.226 e. The van der Waals surface area contributed by atoms with Crippen molar-refractivity contribution in [1.82, 2.24) is 14.7 Å². The van der Waals surface area contributed by atoms with Crippen LogP contribution in [0.4, 0.5) is 5.69 Å². The number of nitrogens with zero attached hydrogens (tertiary/aromatic N) is 4. The lowest BCUT2D eigenvalue weighted by Gasteiger charge is -2.37. The van der Waals surface area contributed by atoms with E-state index >= 15 is 0 Å². The summed E-state index contributed by atoms with van der Waals surface area (Å²) in [6.07, 6.45) is 1.51. The Labute approximate surface area is 172 Å². The predicted molar refractivity (Wildman–Crippen MR) is 111 cm³/mol. The molecule has 2 atom stereocenters. The van der Waals surface area contributed by atoms with E-state index in [2.05, 4.69) is 36.9 Å². The molecule has 2 unspecified atom stereocenters. The second kappa shape index (κ2) is 8.05. The van der Waals surface area contributed by atoms with Crippen molar-refractivity contribution in [3.05, 3.63) is 29.3 Å². The number of piperazine rings is 2. The molecule has 2 saturated heterocycles. The molecule has 0 N–H and O–H groups in total. The Morgan fingerprint density at radius 2 is 1.41 bits per heavy atom. The summed E-state index contributed by atoms with van der Waals surface area (Å²) < 4.78 is 0. The first-order chi connectivity index (χ1) is 14.0. The minimum absolute atomic E-state index is 0.0860. The highest BCUT2D eigenvalue weighted by Crippen LogP contribution is 2.41. The van der Waals surface area contributed by atoms with Crippen molar-refractivity contribution < 1.29 is 14.4 Å². The lowest BCUT2D eigenvalue weighted by Crippen LogP contribution is -2.50. The van der Waals surface area contributed by atoms with E-state index in [0.717, 1.165) is 19.5 Å². The van der Waals surface area contributed by atoms with Crippen LogP contribution in [0.2, 0.25) is 0 Å². The summed E-state index contributed by atoms with van der Waals surface area (Å²) in [6.45, 7) is 9.67. The largest absolute Gasteiger partial charge is 0.368 e. The molecule has 7 heteroatoms. The molecular weight excluding hydrogens is 368 g/mol. The topological polar surface area (TPSA) is 64.2 Å².